The van der Waals surface area contributed by atoms with Crippen LogP contribution in [0.25, 0.3) is 0 Å². The Morgan fingerprint density at radius 3 is 2.84 bits per heavy atom. The lowest BCUT2D eigenvalue weighted by Crippen LogP contribution is -1.95. The van der Waals surface area contributed by atoms with Crippen molar-refractivity contribution in [2.45, 2.75) is 6.92 Å². The number of anilines is 1. The third kappa shape index (κ3) is 3.60. The van der Waals surface area contributed by atoms with Crippen LogP contribution in [0.1, 0.15) is 11.1 Å². The van der Waals surface area contributed by atoms with Gasteiger partial charge in [0.2, 0.25) is 0 Å². The van der Waals surface area contributed by atoms with E-state index < -0.39 is 4.92 Å². The molecule has 1 N–H and O–H groups in total. The van der Waals surface area contributed by atoms with Crippen molar-refractivity contribution in [2.24, 2.45) is 5.10 Å². The van der Waals surface area contributed by atoms with Crippen molar-refractivity contribution in [3.63, 3.8) is 0 Å². The Bertz CT molecular complexity index is 608. The zero-order valence-electron chi connectivity index (χ0n) is 10.3. The highest BCUT2D eigenvalue weighted by Gasteiger charge is 2.04. The Kier molecular flexibility index (Phi) is 3.82. The second-order valence-corrected chi connectivity index (χ2v) is 3.94. The number of hydrogen-bond donors (Lipinski definition) is 1. The molecule has 0 radical (unpaired) electrons. The molecule has 0 aliphatic heterocycles. The van der Waals surface area contributed by atoms with Crippen molar-refractivity contribution >= 4 is 17.7 Å². The van der Waals surface area contributed by atoms with Crippen LogP contribution in [0, 0.1) is 17.0 Å². The Morgan fingerprint density at radius 1 is 1.37 bits per heavy atom. The molecule has 1 heterocycles. The predicted molar refractivity (Wildman–Crippen MR) is 73.3 cm³/mol. The second-order valence-electron chi connectivity index (χ2n) is 3.94. The van der Waals surface area contributed by atoms with Gasteiger partial charge < -0.3 is 0 Å². The van der Waals surface area contributed by atoms with Gasteiger partial charge in [0.05, 0.1) is 11.1 Å². The van der Waals surface area contributed by atoms with Gasteiger partial charge in [0.15, 0.2) is 0 Å². The van der Waals surface area contributed by atoms with Crippen LogP contribution in [0.15, 0.2) is 47.7 Å². The molecule has 6 nitrogen and oxygen atoms in total. The van der Waals surface area contributed by atoms with Gasteiger partial charge in [-0.25, -0.2) is 4.98 Å². The predicted octanol–water partition coefficient (Wildman–Crippen LogP) is 2.74. The average Bonchev–Trinajstić information content (AvgIpc) is 2.39. The molecule has 0 bridgehead atoms. The highest BCUT2D eigenvalue weighted by molar-refractivity contribution is 5.80. The summed E-state index contributed by atoms with van der Waals surface area (Å²) in [5.74, 6) is 0.453. The molecule has 0 unspecified atom stereocenters. The Morgan fingerprint density at radius 2 is 2.21 bits per heavy atom. The molecule has 0 aliphatic rings. The summed E-state index contributed by atoms with van der Waals surface area (Å²) in [5, 5.41) is 14.5. The summed E-state index contributed by atoms with van der Waals surface area (Å²) in [6, 6.07) is 10.8. The van der Waals surface area contributed by atoms with E-state index in [1.807, 2.05) is 31.2 Å². The van der Waals surface area contributed by atoms with Gasteiger partial charge in [-0.1, -0.05) is 29.8 Å². The highest BCUT2D eigenvalue weighted by Crippen LogP contribution is 2.11. The fraction of sp³-hybridized carbons (Fsp3) is 0.0769. The molecule has 2 aromatic rings. The summed E-state index contributed by atoms with van der Waals surface area (Å²) in [4.78, 5) is 13.8. The van der Waals surface area contributed by atoms with Gasteiger partial charge in [-0.15, -0.1) is 0 Å². The maximum Gasteiger partial charge on any atom is 0.287 e. The maximum atomic E-state index is 10.5. The quantitative estimate of drug-likeness (QED) is 0.518. The summed E-state index contributed by atoms with van der Waals surface area (Å²) >= 11 is 0. The van der Waals surface area contributed by atoms with E-state index in [0.29, 0.717) is 5.82 Å². The molecule has 0 spiro atoms. The van der Waals surface area contributed by atoms with Crippen LogP contribution < -0.4 is 5.43 Å². The number of nitro groups is 1. The standard InChI is InChI=1S/C13H12N4O2/c1-10-3-2-4-11(7-10)8-15-16-13-6-5-12(9-14-13)17(18)19/h2-9H,1H3,(H,14,16)/b15-8+. The van der Waals surface area contributed by atoms with Crippen molar-refractivity contribution in [3.8, 4) is 0 Å². The van der Waals surface area contributed by atoms with Gasteiger partial charge in [0, 0.05) is 6.07 Å². The highest BCUT2D eigenvalue weighted by atomic mass is 16.6. The molecule has 0 aliphatic carbocycles. The Hall–Kier alpha value is -2.76. The van der Waals surface area contributed by atoms with Crippen LogP contribution >= 0.6 is 0 Å². The molecule has 0 fully saturated rings. The summed E-state index contributed by atoms with van der Waals surface area (Å²) < 4.78 is 0. The van der Waals surface area contributed by atoms with Gasteiger partial charge in [-0.05, 0) is 18.6 Å². The third-order valence-corrected chi connectivity index (χ3v) is 2.39. The maximum absolute atomic E-state index is 10.5. The number of aryl methyl sites for hydroxylation is 1. The van der Waals surface area contributed by atoms with E-state index in [1.165, 1.54) is 18.3 Å². The first-order valence-electron chi connectivity index (χ1n) is 5.61. The number of hydrazone groups is 1. The fourth-order valence-corrected chi connectivity index (χ4v) is 1.48. The molecule has 0 atom stereocenters. The number of pyridine rings is 1. The molecule has 1 aromatic carbocycles. The number of nitrogens with one attached hydrogen (secondary N) is 1. The van der Waals surface area contributed by atoms with Crippen LogP contribution in [-0.2, 0) is 0 Å². The topological polar surface area (TPSA) is 80.4 Å². The zero-order valence-corrected chi connectivity index (χ0v) is 10.3. The smallest absolute Gasteiger partial charge is 0.261 e. The van der Waals surface area contributed by atoms with Crippen LogP contribution in [0.3, 0.4) is 0 Å². The van der Waals surface area contributed by atoms with Gasteiger partial charge in [-0.2, -0.15) is 5.10 Å². The minimum atomic E-state index is -0.493. The average molecular weight is 256 g/mol. The first kappa shape index (κ1) is 12.7. The van der Waals surface area contributed by atoms with Crippen molar-refractivity contribution in [1.82, 2.24) is 4.98 Å². The molecular formula is C13H12N4O2. The van der Waals surface area contributed by atoms with E-state index in [1.54, 1.807) is 6.21 Å². The van der Waals surface area contributed by atoms with E-state index >= 15 is 0 Å². The first-order chi connectivity index (χ1) is 9.15. The largest absolute Gasteiger partial charge is 0.287 e. The van der Waals surface area contributed by atoms with E-state index in [2.05, 4.69) is 15.5 Å². The SMILES string of the molecule is Cc1cccc(/C=N/Nc2ccc([N+](=O)[O-])cn2)c1. The lowest BCUT2D eigenvalue weighted by Gasteiger charge is -1.98. The molecule has 0 saturated heterocycles. The van der Waals surface area contributed by atoms with Crippen LogP contribution in [0.5, 0.6) is 0 Å². The zero-order chi connectivity index (χ0) is 13.7. The lowest BCUT2D eigenvalue weighted by molar-refractivity contribution is -0.385. The van der Waals surface area contributed by atoms with Gasteiger partial charge in [-0.3, -0.25) is 15.5 Å². The van der Waals surface area contributed by atoms with Crippen molar-refractivity contribution < 1.29 is 4.92 Å². The first-order valence-corrected chi connectivity index (χ1v) is 5.61. The number of hydrogen-bond acceptors (Lipinski definition) is 5. The normalized spacial score (nSPS) is 10.6. The number of aromatic nitrogens is 1. The van der Waals surface area contributed by atoms with E-state index in [4.69, 9.17) is 0 Å². The number of nitrogens with zero attached hydrogens (tertiary/aromatic N) is 3. The molecule has 96 valence electrons. The van der Waals surface area contributed by atoms with Crippen LogP contribution in [0.4, 0.5) is 11.5 Å². The Labute approximate surface area is 110 Å². The molecule has 2 rings (SSSR count). The van der Waals surface area contributed by atoms with Crippen LogP contribution in [-0.4, -0.2) is 16.1 Å². The van der Waals surface area contributed by atoms with Gasteiger partial charge in [0.1, 0.15) is 12.0 Å². The minimum Gasteiger partial charge on any atom is -0.261 e. The second kappa shape index (κ2) is 5.72. The van der Waals surface area contributed by atoms with Crippen molar-refractivity contribution in [1.29, 1.82) is 0 Å². The molecule has 0 amide bonds. The molecule has 6 heteroatoms. The Balaban J connectivity index is 2.00. The monoisotopic (exact) mass is 256 g/mol. The van der Waals surface area contributed by atoms with Gasteiger partial charge in [0.25, 0.3) is 5.69 Å². The van der Waals surface area contributed by atoms with E-state index in [9.17, 15) is 10.1 Å². The fourth-order valence-electron chi connectivity index (χ4n) is 1.48. The summed E-state index contributed by atoms with van der Waals surface area (Å²) in [5.41, 5.74) is 4.78. The molecular weight excluding hydrogens is 244 g/mol. The molecule has 0 saturated carbocycles. The summed E-state index contributed by atoms with van der Waals surface area (Å²) in [6.45, 7) is 2.00. The number of benzene rings is 1. The lowest BCUT2D eigenvalue weighted by atomic mass is 10.2. The van der Waals surface area contributed by atoms with Crippen LogP contribution in [0.2, 0.25) is 0 Å². The third-order valence-electron chi connectivity index (χ3n) is 2.39. The molecule has 1 aromatic heterocycles. The van der Waals surface area contributed by atoms with Crippen molar-refractivity contribution in [2.75, 3.05) is 5.43 Å². The van der Waals surface area contributed by atoms with Crippen molar-refractivity contribution in [3.05, 3.63) is 63.8 Å². The summed E-state index contributed by atoms with van der Waals surface area (Å²) in [7, 11) is 0. The summed E-state index contributed by atoms with van der Waals surface area (Å²) in [6.07, 6.45) is 2.85. The number of rotatable bonds is 4. The minimum absolute atomic E-state index is 0.0480. The van der Waals surface area contributed by atoms with E-state index in [0.717, 1.165) is 11.1 Å². The van der Waals surface area contributed by atoms with Gasteiger partial charge >= 0.3 is 0 Å². The van der Waals surface area contributed by atoms with E-state index in [-0.39, 0.29) is 5.69 Å². The molecule has 19 heavy (non-hydrogen) atoms.